The molecule has 1 saturated heterocycles. The minimum absolute atomic E-state index is 0.260. The largest absolute Gasteiger partial charge is 0.485 e. The average Bonchev–Trinajstić information content (AvgIpc) is 3.18. The molecule has 2 aromatic heterocycles. The minimum atomic E-state index is 0.260. The van der Waals surface area contributed by atoms with Crippen molar-refractivity contribution in [2.75, 3.05) is 18.4 Å². The van der Waals surface area contributed by atoms with Crippen LogP contribution in [0.5, 0.6) is 5.75 Å². The fourth-order valence-corrected chi connectivity index (χ4v) is 2.88. The Labute approximate surface area is 151 Å². The molecule has 7 heteroatoms. The monoisotopic (exact) mass is 351 g/mol. The summed E-state index contributed by atoms with van der Waals surface area (Å²) in [7, 11) is 0. The molecule has 0 atom stereocenters. The topological polar surface area (TPSA) is 85.1 Å². The van der Waals surface area contributed by atoms with Crippen molar-refractivity contribution in [3.8, 4) is 17.2 Å². The van der Waals surface area contributed by atoms with Gasteiger partial charge in [-0.15, -0.1) is 0 Å². The lowest BCUT2D eigenvalue weighted by Gasteiger charge is -2.24. The third kappa shape index (κ3) is 4.18. The van der Waals surface area contributed by atoms with E-state index >= 15 is 0 Å². The molecule has 3 aromatic rings. The lowest BCUT2D eigenvalue weighted by atomic mass is 10.1. The van der Waals surface area contributed by atoms with Crippen molar-refractivity contribution in [2.24, 2.45) is 0 Å². The number of aromatic nitrogens is 3. The predicted molar refractivity (Wildman–Crippen MR) is 97.8 cm³/mol. The lowest BCUT2D eigenvalue weighted by molar-refractivity contribution is 0.287. The molecular weight excluding hydrogens is 330 g/mol. The van der Waals surface area contributed by atoms with Crippen molar-refractivity contribution < 1.29 is 9.26 Å². The van der Waals surface area contributed by atoms with Gasteiger partial charge in [-0.1, -0.05) is 23.4 Å². The highest BCUT2D eigenvalue weighted by molar-refractivity contribution is 5.54. The van der Waals surface area contributed by atoms with Gasteiger partial charge in [0.15, 0.2) is 6.61 Å². The molecule has 4 rings (SSSR count). The molecule has 1 aromatic carbocycles. The molecule has 0 radical (unpaired) electrons. The molecule has 1 aliphatic heterocycles. The van der Waals surface area contributed by atoms with E-state index in [0.717, 1.165) is 43.1 Å². The van der Waals surface area contributed by atoms with Gasteiger partial charge in [0, 0.05) is 12.2 Å². The number of ether oxygens (including phenoxy) is 1. The highest BCUT2D eigenvalue weighted by atomic mass is 16.5. The summed E-state index contributed by atoms with van der Waals surface area (Å²) in [5.41, 5.74) is 0.791. The van der Waals surface area contributed by atoms with Crippen molar-refractivity contribution in [1.29, 1.82) is 0 Å². The molecule has 2 N–H and O–H groups in total. The average molecular weight is 351 g/mol. The molecule has 26 heavy (non-hydrogen) atoms. The number of hydrogen-bond acceptors (Lipinski definition) is 7. The fourth-order valence-electron chi connectivity index (χ4n) is 2.88. The molecule has 0 saturated carbocycles. The van der Waals surface area contributed by atoms with Crippen LogP contribution in [0.1, 0.15) is 18.7 Å². The quantitative estimate of drug-likeness (QED) is 0.706. The molecule has 0 amide bonds. The van der Waals surface area contributed by atoms with E-state index < -0.39 is 0 Å². The molecule has 1 fully saturated rings. The van der Waals surface area contributed by atoms with E-state index in [4.69, 9.17) is 9.26 Å². The van der Waals surface area contributed by atoms with Crippen LogP contribution in [0.2, 0.25) is 0 Å². The van der Waals surface area contributed by atoms with Crippen molar-refractivity contribution in [2.45, 2.75) is 25.5 Å². The second-order valence-corrected chi connectivity index (χ2v) is 6.22. The Bertz CT molecular complexity index is 813. The van der Waals surface area contributed by atoms with E-state index in [1.165, 1.54) is 0 Å². The van der Waals surface area contributed by atoms with Crippen LogP contribution >= 0.6 is 0 Å². The van der Waals surface area contributed by atoms with Gasteiger partial charge < -0.3 is 19.9 Å². The Morgan fingerprint density at radius 1 is 1.12 bits per heavy atom. The van der Waals surface area contributed by atoms with Gasteiger partial charge in [-0.05, 0) is 50.2 Å². The Morgan fingerprint density at radius 3 is 2.73 bits per heavy atom. The van der Waals surface area contributed by atoms with Crippen molar-refractivity contribution >= 4 is 5.82 Å². The molecule has 134 valence electrons. The van der Waals surface area contributed by atoms with Gasteiger partial charge in [-0.2, -0.15) is 4.98 Å². The van der Waals surface area contributed by atoms with Crippen LogP contribution in [-0.2, 0) is 6.61 Å². The van der Waals surface area contributed by atoms with Gasteiger partial charge in [-0.25, -0.2) is 4.98 Å². The number of anilines is 1. The first-order valence-corrected chi connectivity index (χ1v) is 8.81. The van der Waals surface area contributed by atoms with E-state index in [1.807, 2.05) is 42.5 Å². The van der Waals surface area contributed by atoms with E-state index in [1.54, 1.807) is 6.20 Å². The number of rotatable bonds is 6. The highest BCUT2D eigenvalue weighted by Crippen LogP contribution is 2.19. The Morgan fingerprint density at radius 2 is 1.96 bits per heavy atom. The molecule has 0 bridgehead atoms. The number of nitrogens with one attached hydrogen (secondary N) is 2. The number of hydrogen-bond donors (Lipinski definition) is 2. The summed E-state index contributed by atoms with van der Waals surface area (Å²) < 4.78 is 10.9. The van der Waals surface area contributed by atoms with Gasteiger partial charge in [0.05, 0.1) is 5.56 Å². The maximum atomic E-state index is 5.63. The van der Waals surface area contributed by atoms with E-state index in [2.05, 4.69) is 25.8 Å². The van der Waals surface area contributed by atoms with Gasteiger partial charge in [0.1, 0.15) is 11.6 Å². The summed E-state index contributed by atoms with van der Waals surface area (Å²) in [6.45, 7) is 2.35. The number of benzene rings is 1. The maximum absolute atomic E-state index is 5.63. The second kappa shape index (κ2) is 7.97. The van der Waals surface area contributed by atoms with Crippen molar-refractivity contribution in [1.82, 2.24) is 20.4 Å². The summed E-state index contributed by atoms with van der Waals surface area (Å²) in [6.07, 6.45) is 3.97. The van der Waals surface area contributed by atoms with Crippen LogP contribution < -0.4 is 15.4 Å². The SMILES string of the molecule is c1ccc(OCc2noc(-c3ccc(NC4CCNCC4)nc3)n2)cc1. The zero-order valence-electron chi connectivity index (χ0n) is 14.4. The second-order valence-electron chi connectivity index (χ2n) is 6.22. The third-order valence-electron chi connectivity index (χ3n) is 4.28. The zero-order chi connectivity index (χ0) is 17.6. The number of piperidine rings is 1. The summed E-state index contributed by atoms with van der Waals surface area (Å²) in [5.74, 6) is 2.58. The van der Waals surface area contributed by atoms with Crippen molar-refractivity contribution in [3.05, 3.63) is 54.5 Å². The normalized spacial score (nSPS) is 14.9. The van der Waals surface area contributed by atoms with Crippen LogP contribution in [0.25, 0.3) is 11.5 Å². The molecule has 0 aliphatic carbocycles. The molecule has 3 heterocycles. The number of pyridine rings is 1. The van der Waals surface area contributed by atoms with Crippen LogP contribution in [0.4, 0.5) is 5.82 Å². The number of nitrogens with zero attached hydrogens (tertiary/aromatic N) is 3. The van der Waals surface area contributed by atoms with Crippen LogP contribution in [0.15, 0.2) is 53.2 Å². The van der Waals surface area contributed by atoms with E-state index in [9.17, 15) is 0 Å². The summed E-state index contributed by atoms with van der Waals surface area (Å²) in [4.78, 5) is 8.83. The Kier molecular flexibility index (Phi) is 5.07. The molecule has 7 nitrogen and oxygen atoms in total. The first kappa shape index (κ1) is 16.5. The summed E-state index contributed by atoms with van der Waals surface area (Å²) in [5, 5.41) is 10.8. The predicted octanol–water partition coefficient (Wildman–Crippen LogP) is 2.87. The van der Waals surface area contributed by atoms with Gasteiger partial charge in [-0.3, -0.25) is 0 Å². The lowest BCUT2D eigenvalue weighted by Crippen LogP contribution is -2.35. The third-order valence-corrected chi connectivity index (χ3v) is 4.28. The smallest absolute Gasteiger partial charge is 0.259 e. The Balaban J connectivity index is 1.36. The minimum Gasteiger partial charge on any atom is -0.485 e. The molecule has 1 aliphatic rings. The summed E-state index contributed by atoms with van der Waals surface area (Å²) >= 11 is 0. The highest BCUT2D eigenvalue weighted by Gasteiger charge is 2.14. The van der Waals surface area contributed by atoms with Crippen LogP contribution in [-0.4, -0.2) is 34.3 Å². The Hall–Kier alpha value is -2.93. The fraction of sp³-hybridized carbons (Fsp3) is 0.316. The van der Waals surface area contributed by atoms with Crippen molar-refractivity contribution in [3.63, 3.8) is 0 Å². The molecular formula is C19H21N5O2. The zero-order valence-corrected chi connectivity index (χ0v) is 14.4. The van der Waals surface area contributed by atoms with E-state index in [-0.39, 0.29) is 6.61 Å². The first-order valence-electron chi connectivity index (χ1n) is 8.81. The van der Waals surface area contributed by atoms with Gasteiger partial charge in [0.25, 0.3) is 5.89 Å². The van der Waals surface area contributed by atoms with Crippen LogP contribution in [0.3, 0.4) is 0 Å². The molecule has 0 spiro atoms. The first-order chi connectivity index (χ1) is 12.9. The van der Waals surface area contributed by atoms with Crippen LogP contribution in [0, 0.1) is 0 Å². The molecule has 0 unspecified atom stereocenters. The number of para-hydroxylation sites is 1. The summed E-state index contributed by atoms with van der Waals surface area (Å²) in [6, 6.07) is 13.9. The van der Waals surface area contributed by atoms with Gasteiger partial charge in [0.2, 0.25) is 5.82 Å². The maximum Gasteiger partial charge on any atom is 0.259 e. The van der Waals surface area contributed by atoms with E-state index in [0.29, 0.717) is 17.8 Å². The standard InChI is InChI=1S/C19H21N5O2/c1-2-4-16(5-3-1)25-13-18-23-19(26-24-18)14-6-7-17(21-12-14)22-15-8-10-20-11-9-15/h1-7,12,15,20H,8-11,13H2,(H,21,22). The van der Waals surface area contributed by atoms with Gasteiger partial charge >= 0.3 is 0 Å².